The molecule has 100 valence electrons. The zero-order chi connectivity index (χ0) is 13.6. The van der Waals surface area contributed by atoms with Crippen LogP contribution < -0.4 is 5.32 Å². The van der Waals surface area contributed by atoms with Crippen LogP contribution >= 0.6 is 0 Å². The second kappa shape index (κ2) is 6.75. The fraction of sp³-hybridized carbons (Fsp3) is 0.529. The van der Waals surface area contributed by atoms with E-state index in [2.05, 4.69) is 76.0 Å². The Morgan fingerprint density at radius 2 is 1.83 bits per heavy atom. The van der Waals surface area contributed by atoms with Crippen LogP contribution in [0.3, 0.4) is 0 Å². The Labute approximate surface area is 112 Å². The van der Waals surface area contributed by atoms with Crippen molar-refractivity contribution in [1.82, 2.24) is 5.32 Å². The summed E-state index contributed by atoms with van der Waals surface area (Å²) in [6.07, 6.45) is 2.08. The first-order valence-electron chi connectivity index (χ1n) is 6.85. The van der Waals surface area contributed by atoms with Crippen LogP contribution in [-0.4, -0.2) is 13.1 Å². The van der Waals surface area contributed by atoms with Crippen LogP contribution in [0.15, 0.2) is 43.0 Å². The molecule has 0 spiro atoms. The van der Waals surface area contributed by atoms with Crippen molar-refractivity contribution in [3.63, 3.8) is 0 Å². The van der Waals surface area contributed by atoms with Crippen LogP contribution in [0.5, 0.6) is 0 Å². The zero-order valence-electron chi connectivity index (χ0n) is 12.2. The highest BCUT2D eigenvalue weighted by atomic mass is 14.9. The highest BCUT2D eigenvalue weighted by Crippen LogP contribution is 2.35. The lowest BCUT2D eigenvalue weighted by Crippen LogP contribution is -2.35. The van der Waals surface area contributed by atoms with Crippen molar-refractivity contribution in [2.24, 2.45) is 11.3 Å². The fourth-order valence-electron chi connectivity index (χ4n) is 2.36. The third kappa shape index (κ3) is 4.30. The van der Waals surface area contributed by atoms with Gasteiger partial charge >= 0.3 is 0 Å². The highest BCUT2D eigenvalue weighted by molar-refractivity contribution is 5.25. The Morgan fingerprint density at radius 3 is 2.33 bits per heavy atom. The third-order valence-corrected chi connectivity index (χ3v) is 3.37. The molecule has 0 aliphatic heterocycles. The van der Waals surface area contributed by atoms with Crippen molar-refractivity contribution in [2.75, 3.05) is 13.1 Å². The molecule has 0 radical (unpaired) electrons. The van der Waals surface area contributed by atoms with Gasteiger partial charge in [-0.1, -0.05) is 64.1 Å². The molecule has 0 aromatic heterocycles. The lowest BCUT2D eigenvalue weighted by atomic mass is 9.75. The average molecular weight is 245 g/mol. The number of benzene rings is 1. The van der Waals surface area contributed by atoms with E-state index >= 15 is 0 Å². The van der Waals surface area contributed by atoms with Crippen LogP contribution in [0.4, 0.5) is 0 Å². The van der Waals surface area contributed by atoms with Gasteiger partial charge in [-0.2, -0.15) is 0 Å². The standard InChI is InChI=1S/C17H27N/c1-6-16(15-10-8-7-9-11-15)17(4,5)13-18-12-14(2)3/h6-11,14,16,18H,1,12-13H2,2-5H3. The Kier molecular flexibility index (Phi) is 5.61. The monoisotopic (exact) mass is 245 g/mol. The smallest absolute Gasteiger partial charge is 0.00786 e. The molecule has 0 aliphatic carbocycles. The molecule has 0 saturated heterocycles. The molecule has 1 aromatic rings. The van der Waals surface area contributed by atoms with Crippen molar-refractivity contribution in [3.8, 4) is 0 Å². The topological polar surface area (TPSA) is 12.0 Å². The maximum absolute atomic E-state index is 4.02. The third-order valence-electron chi connectivity index (χ3n) is 3.37. The lowest BCUT2D eigenvalue weighted by Gasteiger charge is -2.33. The summed E-state index contributed by atoms with van der Waals surface area (Å²) < 4.78 is 0. The van der Waals surface area contributed by atoms with Crippen molar-refractivity contribution in [3.05, 3.63) is 48.6 Å². The minimum atomic E-state index is 0.179. The van der Waals surface area contributed by atoms with E-state index in [1.165, 1.54) is 5.56 Å². The summed E-state index contributed by atoms with van der Waals surface area (Å²) >= 11 is 0. The first-order chi connectivity index (χ1) is 8.47. The summed E-state index contributed by atoms with van der Waals surface area (Å²) in [5, 5.41) is 3.56. The van der Waals surface area contributed by atoms with Gasteiger partial charge in [0.05, 0.1) is 0 Å². The minimum Gasteiger partial charge on any atom is -0.316 e. The number of nitrogens with one attached hydrogen (secondary N) is 1. The van der Waals surface area contributed by atoms with Gasteiger partial charge in [-0.05, 0) is 23.4 Å². The summed E-state index contributed by atoms with van der Waals surface area (Å²) in [7, 11) is 0. The van der Waals surface area contributed by atoms with Crippen molar-refractivity contribution in [2.45, 2.75) is 33.6 Å². The summed E-state index contributed by atoms with van der Waals surface area (Å²) in [6, 6.07) is 10.6. The average Bonchev–Trinajstić information content (AvgIpc) is 2.30. The molecule has 1 nitrogen and oxygen atoms in total. The normalized spacial score (nSPS) is 13.6. The van der Waals surface area contributed by atoms with Gasteiger partial charge in [0, 0.05) is 12.5 Å². The van der Waals surface area contributed by atoms with E-state index in [1.54, 1.807) is 0 Å². The van der Waals surface area contributed by atoms with Crippen LogP contribution in [0, 0.1) is 11.3 Å². The SMILES string of the molecule is C=CC(c1ccccc1)C(C)(C)CNCC(C)C. The summed E-state index contributed by atoms with van der Waals surface area (Å²) in [5.41, 5.74) is 1.53. The van der Waals surface area contributed by atoms with E-state index in [0.29, 0.717) is 11.8 Å². The van der Waals surface area contributed by atoms with Crippen molar-refractivity contribution >= 4 is 0 Å². The molecule has 1 N–H and O–H groups in total. The summed E-state index contributed by atoms with van der Waals surface area (Å²) in [5.74, 6) is 1.08. The Morgan fingerprint density at radius 1 is 1.22 bits per heavy atom. The Hall–Kier alpha value is -1.08. The second-order valence-corrected chi connectivity index (χ2v) is 6.14. The second-order valence-electron chi connectivity index (χ2n) is 6.14. The molecule has 0 saturated carbocycles. The van der Waals surface area contributed by atoms with E-state index in [9.17, 15) is 0 Å². The van der Waals surface area contributed by atoms with Crippen LogP contribution in [0.2, 0.25) is 0 Å². The maximum Gasteiger partial charge on any atom is 0.00786 e. The number of allylic oxidation sites excluding steroid dienone is 1. The van der Waals surface area contributed by atoms with Gasteiger partial charge in [-0.25, -0.2) is 0 Å². The van der Waals surface area contributed by atoms with E-state index < -0.39 is 0 Å². The molecule has 0 aliphatic rings. The molecule has 1 heteroatoms. The number of hydrogen-bond acceptors (Lipinski definition) is 1. The van der Waals surface area contributed by atoms with Crippen LogP contribution in [0.1, 0.15) is 39.2 Å². The van der Waals surface area contributed by atoms with E-state index in [-0.39, 0.29) is 5.41 Å². The maximum atomic E-state index is 4.02. The largest absolute Gasteiger partial charge is 0.316 e. The quantitative estimate of drug-likeness (QED) is 0.709. The van der Waals surface area contributed by atoms with Gasteiger partial charge in [-0.15, -0.1) is 6.58 Å². The van der Waals surface area contributed by atoms with Gasteiger partial charge < -0.3 is 5.32 Å². The van der Waals surface area contributed by atoms with Gasteiger partial charge in [0.2, 0.25) is 0 Å². The number of rotatable bonds is 7. The van der Waals surface area contributed by atoms with Gasteiger partial charge in [-0.3, -0.25) is 0 Å². The van der Waals surface area contributed by atoms with E-state index in [4.69, 9.17) is 0 Å². The lowest BCUT2D eigenvalue weighted by molar-refractivity contribution is 0.299. The molecule has 0 bridgehead atoms. The Bertz CT molecular complexity index is 351. The molecule has 1 unspecified atom stereocenters. The van der Waals surface area contributed by atoms with E-state index in [0.717, 1.165) is 13.1 Å². The summed E-state index contributed by atoms with van der Waals surface area (Å²) in [6.45, 7) is 15.2. The van der Waals surface area contributed by atoms with Crippen LogP contribution in [0.25, 0.3) is 0 Å². The molecule has 1 aromatic carbocycles. The highest BCUT2D eigenvalue weighted by Gasteiger charge is 2.27. The Balaban J connectivity index is 2.71. The van der Waals surface area contributed by atoms with Gasteiger partial charge in [0.25, 0.3) is 0 Å². The molecular formula is C17H27N. The molecule has 0 amide bonds. The molecule has 0 fully saturated rings. The summed E-state index contributed by atoms with van der Waals surface area (Å²) in [4.78, 5) is 0. The van der Waals surface area contributed by atoms with Gasteiger partial charge in [0.1, 0.15) is 0 Å². The van der Waals surface area contributed by atoms with Crippen molar-refractivity contribution in [1.29, 1.82) is 0 Å². The first kappa shape index (κ1) is 15.0. The zero-order valence-corrected chi connectivity index (χ0v) is 12.2. The minimum absolute atomic E-state index is 0.179. The van der Waals surface area contributed by atoms with Gasteiger partial charge in [0.15, 0.2) is 0 Å². The molecule has 1 atom stereocenters. The predicted octanol–water partition coefficient (Wildman–Crippen LogP) is 4.23. The molecule has 1 rings (SSSR count). The molecular weight excluding hydrogens is 218 g/mol. The fourth-order valence-corrected chi connectivity index (χ4v) is 2.36. The van der Waals surface area contributed by atoms with Crippen LogP contribution in [-0.2, 0) is 0 Å². The predicted molar refractivity (Wildman–Crippen MR) is 80.9 cm³/mol. The van der Waals surface area contributed by atoms with Crippen molar-refractivity contribution < 1.29 is 0 Å². The first-order valence-corrected chi connectivity index (χ1v) is 6.85. The molecule has 18 heavy (non-hydrogen) atoms. The van der Waals surface area contributed by atoms with E-state index in [1.807, 2.05) is 0 Å². The molecule has 0 heterocycles. The number of hydrogen-bond donors (Lipinski definition) is 1.